The lowest BCUT2D eigenvalue weighted by Crippen LogP contribution is -2.42. The Morgan fingerprint density at radius 1 is 1.04 bits per heavy atom. The number of carbonyl (C=O) groups excluding carboxylic acids is 2. The fraction of sp³-hybridized carbons (Fsp3) is 0.485. The third-order valence-corrected chi connectivity index (χ3v) is 8.69. The van der Waals surface area contributed by atoms with Crippen molar-refractivity contribution in [1.82, 2.24) is 24.9 Å². The highest BCUT2D eigenvalue weighted by Crippen LogP contribution is 2.38. The number of piperidine rings is 1. The molecule has 2 unspecified atom stereocenters. The van der Waals surface area contributed by atoms with Crippen molar-refractivity contribution in [3.8, 4) is 5.69 Å². The van der Waals surface area contributed by atoms with Gasteiger partial charge in [0.1, 0.15) is 10.6 Å². The van der Waals surface area contributed by atoms with Crippen LogP contribution in [0.2, 0.25) is 5.02 Å². The van der Waals surface area contributed by atoms with Gasteiger partial charge in [-0.1, -0.05) is 35.9 Å². The maximum Gasteiger partial charge on any atom is 0.410 e. The molecule has 2 aliphatic heterocycles. The Morgan fingerprint density at radius 2 is 1.76 bits per heavy atom. The van der Waals surface area contributed by atoms with E-state index < -0.39 is 29.3 Å². The van der Waals surface area contributed by atoms with Gasteiger partial charge in [0.15, 0.2) is 17.5 Å². The van der Waals surface area contributed by atoms with E-state index in [-0.39, 0.29) is 17.9 Å². The van der Waals surface area contributed by atoms with Gasteiger partial charge in [0.25, 0.3) is 0 Å². The minimum absolute atomic E-state index is 0.0401. The van der Waals surface area contributed by atoms with E-state index in [1.807, 2.05) is 51.1 Å². The summed E-state index contributed by atoms with van der Waals surface area (Å²) in [7, 11) is 1.62. The summed E-state index contributed by atoms with van der Waals surface area (Å²) in [4.78, 5) is 30.0. The molecule has 2 N–H and O–H groups in total. The SMILES string of the molecule is COCCN1CC(NC(=O)Nc2c(Cl)c(C3CCN(C(=O)OC(C)(C)C)CC3)nn2-c2ccccc2)C(c2ccc(F)c(F)c2)C1. The lowest BCUT2D eigenvalue weighted by Gasteiger charge is -2.33. The van der Waals surface area contributed by atoms with Crippen LogP contribution in [0.1, 0.15) is 56.7 Å². The zero-order valence-corrected chi connectivity index (χ0v) is 27.3. The smallest absolute Gasteiger partial charge is 0.410 e. The molecule has 2 saturated heterocycles. The molecule has 0 aliphatic carbocycles. The molecule has 1 aromatic heterocycles. The maximum atomic E-state index is 14.2. The Bertz CT molecular complexity index is 1520. The average Bonchev–Trinajstić information content (AvgIpc) is 3.57. The fourth-order valence-corrected chi connectivity index (χ4v) is 6.35. The molecule has 2 fully saturated rings. The highest BCUT2D eigenvalue weighted by Gasteiger charge is 2.36. The van der Waals surface area contributed by atoms with Gasteiger partial charge in [0.2, 0.25) is 0 Å². The number of ether oxygens (including phenoxy) is 2. The standard InChI is InChI=1S/C33H41ClF2N6O4/c1-33(2,3)46-32(44)41-14-12-21(13-15-41)29-28(34)30(42(39-29)23-8-6-5-7-9-23)38-31(43)37-27-20-40(16-17-45-4)19-24(27)22-10-11-25(35)26(36)18-22/h5-11,18,21,24,27H,12-17,19-20H2,1-4H3,(H2,37,38,43). The van der Waals surface area contributed by atoms with E-state index in [4.69, 9.17) is 26.2 Å². The predicted octanol–water partition coefficient (Wildman–Crippen LogP) is 6.15. The summed E-state index contributed by atoms with van der Waals surface area (Å²) in [5.41, 5.74) is 1.36. The first-order chi connectivity index (χ1) is 21.9. The number of carbonyl (C=O) groups is 2. The lowest BCUT2D eigenvalue weighted by molar-refractivity contribution is 0.0204. The Hall–Kier alpha value is -3.74. The number of para-hydroxylation sites is 1. The summed E-state index contributed by atoms with van der Waals surface area (Å²) < 4.78 is 40.3. The summed E-state index contributed by atoms with van der Waals surface area (Å²) in [5, 5.41) is 11.1. The normalized spacial score (nSPS) is 19.3. The number of methoxy groups -OCH3 is 1. The predicted molar refractivity (Wildman–Crippen MR) is 172 cm³/mol. The van der Waals surface area contributed by atoms with E-state index in [2.05, 4.69) is 15.5 Å². The maximum absolute atomic E-state index is 14.2. The lowest BCUT2D eigenvalue weighted by atomic mass is 9.94. The summed E-state index contributed by atoms with van der Waals surface area (Å²) in [5.74, 6) is -1.86. The first kappa shape index (κ1) is 33.6. The Morgan fingerprint density at radius 3 is 2.41 bits per heavy atom. The minimum Gasteiger partial charge on any atom is -0.444 e. The molecule has 0 spiro atoms. The van der Waals surface area contributed by atoms with Crippen LogP contribution < -0.4 is 10.6 Å². The molecule has 2 aliphatic rings. The molecule has 2 aromatic carbocycles. The molecule has 0 saturated carbocycles. The molecule has 0 radical (unpaired) electrons. The highest BCUT2D eigenvalue weighted by atomic mass is 35.5. The second-order valence-electron chi connectivity index (χ2n) is 12.8. The summed E-state index contributed by atoms with van der Waals surface area (Å²) >= 11 is 6.97. The molecule has 13 heteroatoms. The second kappa shape index (κ2) is 14.4. The van der Waals surface area contributed by atoms with E-state index in [9.17, 15) is 18.4 Å². The van der Waals surface area contributed by atoms with Gasteiger partial charge in [-0.25, -0.2) is 23.1 Å². The molecule has 0 bridgehead atoms. The van der Waals surface area contributed by atoms with Crippen LogP contribution in [0.3, 0.4) is 0 Å². The number of nitrogens with one attached hydrogen (secondary N) is 2. The van der Waals surface area contributed by atoms with Crippen molar-refractivity contribution < 1.29 is 27.8 Å². The highest BCUT2D eigenvalue weighted by molar-refractivity contribution is 6.34. The molecule has 46 heavy (non-hydrogen) atoms. The number of nitrogens with zero attached hydrogens (tertiary/aromatic N) is 4. The number of hydrogen-bond acceptors (Lipinski definition) is 6. The van der Waals surface area contributed by atoms with Crippen LogP contribution in [0.4, 0.5) is 24.2 Å². The molecular formula is C33H41ClF2N6O4. The molecule has 5 rings (SSSR count). The zero-order chi connectivity index (χ0) is 33.0. The van der Waals surface area contributed by atoms with Gasteiger partial charge in [0.05, 0.1) is 24.0 Å². The van der Waals surface area contributed by atoms with Crippen LogP contribution >= 0.6 is 11.6 Å². The third-order valence-electron chi connectivity index (χ3n) is 8.31. The van der Waals surface area contributed by atoms with E-state index >= 15 is 0 Å². The topological polar surface area (TPSA) is 101 Å². The largest absolute Gasteiger partial charge is 0.444 e. The van der Waals surface area contributed by atoms with Gasteiger partial charge in [-0.15, -0.1) is 0 Å². The van der Waals surface area contributed by atoms with Crippen molar-refractivity contribution in [2.45, 2.75) is 57.1 Å². The van der Waals surface area contributed by atoms with Gasteiger partial charge in [-0.05, 0) is 63.4 Å². The molecule has 3 heterocycles. The Balaban J connectivity index is 1.35. The first-order valence-electron chi connectivity index (χ1n) is 15.5. The number of hydrogen-bond donors (Lipinski definition) is 2. The molecule has 2 atom stereocenters. The van der Waals surface area contributed by atoms with Crippen LogP contribution in [-0.4, -0.2) is 89.8 Å². The van der Waals surface area contributed by atoms with Crippen molar-refractivity contribution in [1.29, 1.82) is 0 Å². The van der Waals surface area contributed by atoms with Gasteiger partial charge >= 0.3 is 12.1 Å². The Labute approximate surface area is 273 Å². The summed E-state index contributed by atoms with van der Waals surface area (Å²) in [6.07, 6.45) is 0.914. The van der Waals surface area contributed by atoms with E-state index in [0.717, 1.165) is 6.07 Å². The van der Waals surface area contributed by atoms with Crippen molar-refractivity contribution in [2.75, 3.05) is 51.8 Å². The quantitative estimate of drug-likeness (QED) is 0.301. The van der Waals surface area contributed by atoms with Crippen LogP contribution in [0, 0.1) is 11.6 Å². The Kier molecular flexibility index (Phi) is 10.5. The minimum atomic E-state index is -0.931. The number of anilines is 1. The van der Waals surface area contributed by atoms with Crippen LogP contribution in [0.5, 0.6) is 0 Å². The molecule has 10 nitrogen and oxygen atoms in total. The number of benzene rings is 2. The van der Waals surface area contributed by atoms with Gasteiger partial charge in [0, 0.05) is 51.7 Å². The van der Waals surface area contributed by atoms with E-state index in [1.54, 1.807) is 22.8 Å². The van der Waals surface area contributed by atoms with Crippen molar-refractivity contribution >= 4 is 29.5 Å². The second-order valence-corrected chi connectivity index (χ2v) is 13.2. The number of urea groups is 1. The number of rotatable bonds is 8. The zero-order valence-electron chi connectivity index (χ0n) is 26.6. The van der Waals surface area contributed by atoms with Crippen molar-refractivity contribution in [2.24, 2.45) is 0 Å². The van der Waals surface area contributed by atoms with E-state index in [0.29, 0.717) is 80.0 Å². The number of amides is 3. The average molecular weight is 659 g/mol. The van der Waals surface area contributed by atoms with Crippen LogP contribution in [0.25, 0.3) is 5.69 Å². The molecule has 3 aromatic rings. The van der Waals surface area contributed by atoms with Crippen LogP contribution in [-0.2, 0) is 9.47 Å². The van der Waals surface area contributed by atoms with Crippen molar-refractivity contribution in [3.63, 3.8) is 0 Å². The molecule has 3 amide bonds. The molecule has 248 valence electrons. The third kappa shape index (κ3) is 7.97. The number of aromatic nitrogens is 2. The first-order valence-corrected chi connectivity index (χ1v) is 15.9. The van der Waals surface area contributed by atoms with Crippen LogP contribution in [0.15, 0.2) is 48.5 Å². The number of likely N-dealkylation sites (tertiary alicyclic amines) is 2. The van der Waals surface area contributed by atoms with Gasteiger partial charge in [-0.3, -0.25) is 10.2 Å². The monoisotopic (exact) mass is 658 g/mol. The number of halogens is 3. The fourth-order valence-electron chi connectivity index (χ4n) is 6.03. The van der Waals surface area contributed by atoms with Crippen molar-refractivity contribution in [3.05, 3.63) is 76.4 Å². The van der Waals surface area contributed by atoms with E-state index in [1.165, 1.54) is 6.07 Å². The summed E-state index contributed by atoms with van der Waals surface area (Å²) in [6, 6.07) is 12.3. The van der Waals surface area contributed by atoms with Gasteiger partial charge < -0.3 is 19.7 Å². The van der Waals surface area contributed by atoms with Gasteiger partial charge in [-0.2, -0.15) is 5.10 Å². The summed E-state index contributed by atoms with van der Waals surface area (Å²) in [6.45, 7) is 8.64. The molecular weight excluding hydrogens is 618 g/mol.